The van der Waals surface area contributed by atoms with Gasteiger partial charge in [-0.3, -0.25) is 0 Å². The molecule has 0 aliphatic rings. The van der Waals surface area contributed by atoms with E-state index in [4.69, 9.17) is 14.6 Å². The molecule has 2 rings (SSSR count). The summed E-state index contributed by atoms with van der Waals surface area (Å²) in [5.41, 5.74) is 2.06. The lowest BCUT2D eigenvalue weighted by atomic mass is 10.0. The first-order chi connectivity index (χ1) is 9.72. The number of carbonyl (C=O) groups is 1. The van der Waals surface area contributed by atoms with Gasteiger partial charge in [0.1, 0.15) is 12.4 Å². The predicted molar refractivity (Wildman–Crippen MR) is 83.5 cm³/mol. The average Bonchev–Trinajstić information content (AvgIpc) is 2.48. The minimum atomic E-state index is -0.971. The zero-order chi connectivity index (χ0) is 14.4. The Kier molecular flexibility index (Phi) is 6.72. The van der Waals surface area contributed by atoms with Crippen molar-refractivity contribution >= 4 is 18.4 Å². The number of hydrogen-bond acceptors (Lipinski definition) is 3. The molecule has 0 aliphatic heterocycles. The number of benzene rings is 2. The SMILES string of the molecule is COCCOc1cc(C(=O)O)ccc1-c1ccccc1.Cl. The summed E-state index contributed by atoms with van der Waals surface area (Å²) in [5.74, 6) is -0.422. The van der Waals surface area contributed by atoms with Gasteiger partial charge < -0.3 is 14.6 Å². The van der Waals surface area contributed by atoms with E-state index in [9.17, 15) is 4.79 Å². The second-order valence-corrected chi connectivity index (χ2v) is 4.22. The van der Waals surface area contributed by atoms with Crippen LogP contribution < -0.4 is 4.74 Å². The maximum absolute atomic E-state index is 11.1. The Morgan fingerprint density at radius 2 is 1.81 bits per heavy atom. The van der Waals surface area contributed by atoms with Crippen LogP contribution in [0.2, 0.25) is 0 Å². The Labute approximate surface area is 129 Å². The van der Waals surface area contributed by atoms with Crippen molar-refractivity contribution in [3.63, 3.8) is 0 Å². The van der Waals surface area contributed by atoms with Gasteiger partial charge in [-0.05, 0) is 23.8 Å². The number of halogens is 1. The van der Waals surface area contributed by atoms with Gasteiger partial charge in [0, 0.05) is 12.7 Å². The molecule has 2 aromatic carbocycles. The van der Waals surface area contributed by atoms with Crippen LogP contribution >= 0.6 is 12.4 Å². The lowest BCUT2D eigenvalue weighted by molar-refractivity contribution is 0.0696. The molecular weight excluding hydrogens is 292 g/mol. The van der Waals surface area contributed by atoms with E-state index in [1.54, 1.807) is 25.3 Å². The van der Waals surface area contributed by atoms with Crippen LogP contribution in [0.15, 0.2) is 48.5 Å². The van der Waals surface area contributed by atoms with E-state index < -0.39 is 5.97 Å². The molecule has 5 heteroatoms. The van der Waals surface area contributed by atoms with Crippen molar-refractivity contribution in [2.24, 2.45) is 0 Å². The summed E-state index contributed by atoms with van der Waals surface area (Å²) in [6.45, 7) is 0.824. The predicted octanol–water partition coefficient (Wildman–Crippen LogP) is 3.50. The van der Waals surface area contributed by atoms with E-state index in [2.05, 4.69) is 0 Å². The van der Waals surface area contributed by atoms with Crippen molar-refractivity contribution in [1.29, 1.82) is 0 Å². The van der Waals surface area contributed by atoms with Gasteiger partial charge in [-0.1, -0.05) is 30.3 Å². The third-order valence-electron chi connectivity index (χ3n) is 2.86. The summed E-state index contributed by atoms with van der Waals surface area (Å²) in [6.07, 6.45) is 0. The minimum Gasteiger partial charge on any atom is -0.491 e. The number of carboxylic acid groups (broad SMARTS) is 1. The van der Waals surface area contributed by atoms with E-state index in [1.165, 1.54) is 0 Å². The van der Waals surface area contributed by atoms with E-state index >= 15 is 0 Å². The van der Waals surface area contributed by atoms with Crippen LogP contribution in [-0.2, 0) is 4.74 Å². The van der Waals surface area contributed by atoms with Gasteiger partial charge in [0.15, 0.2) is 0 Å². The summed E-state index contributed by atoms with van der Waals surface area (Å²) >= 11 is 0. The summed E-state index contributed by atoms with van der Waals surface area (Å²) in [5, 5.41) is 9.06. The van der Waals surface area contributed by atoms with Crippen molar-refractivity contribution in [3.8, 4) is 16.9 Å². The molecule has 0 saturated carbocycles. The lowest BCUT2D eigenvalue weighted by Crippen LogP contribution is -2.06. The maximum atomic E-state index is 11.1. The standard InChI is InChI=1S/C16H16O4.ClH/c1-19-9-10-20-15-11-13(16(17)18)7-8-14(15)12-5-3-2-4-6-12;/h2-8,11H,9-10H2,1H3,(H,17,18);1H. The molecule has 0 heterocycles. The molecule has 0 radical (unpaired) electrons. The van der Waals surface area contributed by atoms with Gasteiger partial charge in [-0.25, -0.2) is 4.79 Å². The molecule has 21 heavy (non-hydrogen) atoms. The molecular formula is C16H17ClO4. The minimum absolute atomic E-state index is 0. The lowest BCUT2D eigenvalue weighted by Gasteiger charge is -2.12. The third-order valence-corrected chi connectivity index (χ3v) is 2.86. The Balaban J connectivity index is 0.00000220. The zero-order valence-electron chi connectivity index (χ0n) is 11.6. The second kappa shape index (κ2) is 8.29. The van der Waals surface area contributed by atoms with Crippen LogP contribution in [0.1, 0.15) is 10.4 Å². The van der Waals surface area contributed by atoms with Crippen molar-refractivity contribution in [3.05, 3.63) is 54.1 Å². The highest BCUT2D eigenvalue weighted by Gasteiger charge is 2.11. The van der Waals surface area contributed by atoms with Crippen LogP contribution in [0.3, 0.4) is 0 Å². The van der Waals surface area contributed by atoms with Crippen LogP contribution in [0.25, 0.3) is 11.1 Å². The first-order valence-corrected chi connectivity index (χ1v) is 6.27. The molecule has 0 aromatic heterocycles. The van der Waals surface area contributed by atoms with E-state index in [-0.39, 0.29) is 18.0 Å². The summed E-state index contributed by atoms with van der Waals surface area (Å²) in [4.78, 5) is 11.1. The molecule has 0 fully saturated rings. The largest absolute Gasteiger partial charge is 0.491 e. The van der Waals surface area contributed by atoms with Crippen LogP contribution in [0.5, 0.6) is 5.75 Å². The van der Waals surface area contributed by atoms with Gasteiger partial charge >= 0.3 is 5.97 Å². The topological polar surface area (TPSA) is 55.8 Å². The van der Waals surface area contributed by atoms with E-state index in [0.717, 1.165) is 11.1 Å². The molecule has 1 N–H and O–H groups in total. The highest BCUT2D eigenvalue weighted by molar-refractivity contribution is 5.89. The third kappa shape index (κ3) is 4.48. The number of hydrogen-bond donors (Lipinski definition) is 1. The highest BCUT2D eigenvalue weighted by Crippen LogP contribution is 2.31. The maximum Gasteiger partial charge on any atom is 0.335 e. The zero-order valence-corrected chi connectivity index (χ0v) is 12.4. The highest BCUT2D eigenvalue weighted by atomic mass is 35.5. The molecule has 0 aliphatic carbocycles. The number of carboxylic acids is 1. The van der Waals surface area contributed by atoms with Gasteiger partial charge in [-0.15, -0.1) is 12.4 Å². The van der Waals surface area contributed by atoms with Crippen molar-refractivity contribution < 1.29 is 19.4 Å². The quantitative estimate of drug-likeness (QED) is 0.830. The molecule has 0 saturated heterocycles. The normalized spacial score (nSPS) is 9.76. The molecule has 2 aromatic rings. The number of aromatic carboxylic acids is 1. The Morgan fingerprint density at radius 1 is 1.10 bits per heavy atom. The first-order valence-electron chi connectivity index (χ1n) is 6.27. The molecule has 0 spiro atoms. The van der Waals surface area contributed by atoms with Crippen LogP contribution in [0, 0.1) is 0 Å². The summed E-state index contributed by atoms with van der Waals surface area (Å²) < 4.78 is 10.6. The molecule has 0 amide bonds. The smallest absolute Gasteiger partial charge is 0.335 e. The number of rotatable bonds is 6. The molecule has 0 atom stereocenters. The van der Waals surface area contributed by atoms with Gasteiger partial charge in [0.25, 0.3) is 0 Å². The van der Waals surface area contributed by atoms with Crippen LogP contribution in [-0.4, -0.2) is 31.4 Å². The number of ether oxygens (including phenoxy) is 2. The molecule has 0 bridgehead atoms. The fourth-order valence-corrected chi connectivity index (χ4v) is 1.87. The van der Waals surface area contributed by atoms with E-state index in [1.807, 2.05) is 30.3 Å². The van der Waals surface area contributed by atoms with Crippen molar-refractivity contribution in [2.45, 2.75) is 0 Å². The van der Waals surface area contributed by atoms with Gasteiger partial charge in [0.05, 0.1) is 12.2 Å². The Morgan fingerprint density at radius 3 is 2.43 bits per heavy atom. The molecule has 4 nitrogen and oxygen atoms in total. The first kappa shape index (κ1) is 17.0. The van der Waals surface area contributed by atoms with Gasteiger partial charge in [0.2, 0.25) is 0 Å². The number of methoxy groups -OCH3 is 1. The molecule has 0 unspecified atom stereocenters. The fraction of sp³-hybridized carbons (Fsp3) is 0.188. The fourth-order valence-electron chi connectivity index (χ4n) is 1.87. The van der Waals surface area contributed by atoms with Gasteiger partial charge in [-0.2, -0.15) is 0 Å². The van der Waals surface area contributed by atoms with Crippen molar-refractivity contribution in [2.75, 3.05) is 20.3 Å². The second-order valence-electron chi connectivity index (χ2n) is 4.22. The Bertz CT molecular complexity index is 584. The monoisotopic (exact) mass is 308 g/mol. The van der Waals surface area contributed by atoms with Crippen molar-refractivity contribution in [1.82, 2.24) is 0 Å². The Hall–Kier alpha value is -2.04. The molecule has 112 valence electrons. The van der Waals surface area contributed by atoms with Crippen LogP contribution in [0.4, 0.5) is 0 Å². The summed E-state index contributed by atoms with van der Waals surface area (Å²) in [7, 11) is 1.59. The summed E-state index contributed by atoms with van der Waals surface area (Å²) in [6, 6.07) is 14.6. The van der Waals surface area contributed by atoms with E-state index in [0.29, 0.717) is 19.0 Å². The average molecular weight is 309 g/mol.